The number of anilines is 2. The second kappa shape index (κ2) is 15.3. The molecule has 1 spiro atoms. The summed E-state index contributed by atoms with van der Waals surface area (Å²) in [6.45, 7) is 7.76. The highest BCUT2D eigenvalue weighted by Gasteiger charge is 2.66. The Morgan fingerprint density at radius 2 is 1.84 bits per heavy atom. The van der Waals surface area contributed by atoms with E-state index in [-0.39, 0.29) is 49.8 Å². The van der Waals surface area contributed by atoms with Crippen LogP contribution in [0.4, 0.5) is 11.4 Å². The van der Waals surface area contributed by atoms with Crippen molar-refractivity contribution in [2.45, 2.75) is 69.6 Å². The zero-order valence-corrected chi connectivity index (χ0v) is 30.9. The smallest absolute Gasteiger partial charge is 0.264 e. The molecule has 12 heteroatoms. The summed E-state index contributed by atoms with van der Waals surface area (Å²) in [5.41, 5.74) is 1.94. The van der Waals surface area contributed by atoms with Crippen molar-refractivity contribution in [1.82, 2.24) is 10.2 Å². The number of fused-ring (bicyclic) bond motifs is 2. The third-order valence-electron chi connectivity index (χ3n) is 10.7. The fraction of sp³-hybridized carbons (Fsp3) is 0.462. The maximum absolute atomic E-state index is 14.9. The van der Waals surface area contributed by atoms with Crippen molar-refractivity contribution in [1.29, 1.82) is 0 Å². The third-order valence-corrected chi connectivity index (χ3v) is 13.2. The maximum Gasteiger partial charge on any atom is 0.264 e. The number of methoxy groups -OCH3 is 1. The SMILES string of the molecule is COc1ccc2c(c1)[C@]1(O[C@@H](CC(=O)N(CCO)Cc3ccccc3)[C@H]([Si](C)(C)O)[C@H]1C)C(=O)N2Cc1ccc(NC(=O)C2CCCNC2)cc1. The monoisotopic (exact) mass is 714 g/mol. The molecule has 0 bridgehead atoms. The van der Waals surface area contributed by atoms with Crippen LogP contribution < -0.4 is 20.3 Å². The van der Waals surface area contributed by atoms with E-state index in [0.717, 1.165) is 30.5 Å². The lowest BCUT2D eigenvalue weighted by Crippen LogP contribution is -2.46. The number of rotatable bonds is 12. The summed E-state index contributed by atoms with van der Waals surface area (Å²) >= 11 is 0. The number of benzene rings is 3. The average Bonchev–Trinajstić information content (AvgIpc) is 3.55. The molecule has 0 aromatic heterocycles. The number of ether oxygens (including phenoxy) is 2. The molecule has 1 unspecified atom stereocenters. The van der Waals surface area contributed by atoms with Crippen LogP contribution in [-0.4, -0.2) is 80.3 Å². The van der Waals surface area contributed by atoms with E-state index < -0.39 is 31.5 Å². The van der Waals surface area contributed by atoms with Crippen LogP contribution in [-0.2, 0) is 37.8 Å². The van der Waals surface area contributed by atoms with E-state index in [1.807, 2.05) is 92.8 Å². The Hall–Kier alpha value is -4.07. The van der Waals surface area contributed by atoms with Crippen LogP contribution in [0.2, 0.25) is 18.6 Å². The third kappa shape index (κ3) is 7.47. The van der Waals surface area contributed by atoms with E-state index >= 15 is 0 Å². The molecule has 3 aliphatic heterocycles. The molecule has 3 aromatic rings. The van der Waals surface area contributed by atoms with Gasteiger partial charge in [-0.3, -0.25) is 14.4 Å². The molecular weight excluding hydrogens is 665 g/mol. The fourth-order valence-electron chi connectivity index (χ4n) is 8.25. The Morgan fingerprint density at radius 3 is 2.49 bits per heavy atom. The molecule has 3 heterocycles. The molecule has 51 heavy (non-hydrogen) atoms. The standard InChI is InChI=1S/C39H50N4O7Si/c1-26-36(51(3,4)48)34(22-35(45)42(19-20-44)24-27-9-6-5-7-10-27)50-39(26)32-21-31(49-2)16-17-33(32)43(38(39)47)25-28-12-14-30(15-13-28)41-37(46)29-11-8-18-40-23-29/h5-7,9-10,12-17,21,26,29,34,36,40,44,48H,8,11,18-20,22-25H2,1-4H3,(H,41,46)/t26-,29?,34+,36-,39+/m1/s1. The first-order valence-corrected chi connectivity index (χ1v) is 20.9. The van der Waals surface area contributed by atoms with Gasteiger partial charge in [-0.05, 0) is 73.9 Å². The number of amides is 3. The van der Waals surface area contributed by atoms with Crippen LogP contribution in [0.5, 0.6) is 5.75 Å². The number of nitrogens with zero attached hydrogens (tertiary/aromatic N) is 2. The quantitative estimate of drug-likeness (QED) is 0.203. The van der Waals surface area contributed by atoms with Crippen LogP contribution in [0, 0.1) is 11.8 Å². The Bertz CT molecular complexity index is 1710. The Morgan fingerprint density at radius 1 is 1.10 bits per heavy atom. The highest BCUT2D eigenvalue weighted by Crippen LogP contribution is 2.60. The highest BCUT2D eigenvalue weighted by molar-refractivity contribution is 6.71. The molecule has 2 fully saturated rings. The van der Waals surface area contributed by atoms with Gasteiger partial charge in [0.2, 0.25) is 11.8 Å². The first kappa shape index (κ1) is 36.7. The number of carbonyl (C=O) groups is 3. The summed E-state index contributed by atoms with van der Waals surface area (Å²) in [5, 5.41) is 16.1. The molecule has 5 atom stereocenters. The van der Waals surface area contributed by atoms with E-state index in [2.05, 4.69) is 10.6 Å². The molecule has 4 N–H and O–H groups in total. The van der Waals surface area contributed by atoms with Gasteiger partial charge >= 0.3 is 0 Å². The van der Waals surface area contributed by atoms with E-state index in [4.69, 9.17) is 9.47 Å². The van der Waals surface area contributed by atoms with Gasteiger partial charge in [-0.25, -0.2) is 0 Å². The van der Waals surface area contributed by atoms with Crippen LogP contribution in [0.3, 0.4) is 0 Å². The fourth-order valence-corrected chi connectivity index (χ4v) is 10.8. The minimum Gasteiger partial charge on any atom is -0.497 e. The summed E-state index contributed by atoms with van der Waals surface area (Å²) in [5.74, 6) is -0.423. The van der Waals surface area contributed by atoms with Crippen LogP contribution in [0.15, 0.2) is 72.8 Å². The molecule has 0 saturated carbocycles. The summed E-state index contributed by atoms with van der Waals surface area (Å²) in [6, 6.07) is 22.6. The molecule has 272 valence electrons. The van der Waals surface area contributed by atoms with Gasteiger partial charge in [-0.2, -0.15) is 0 Å². The maximum atomic E-state index is 14.9. The zero-order chi connectivity index (χ0) is 36.3. The molecule has 2 saturated heterocycles. The van der Waals surface area contributed by atoms with Crippen molar-refractivity contribution >= 4 is 37.4 Å². The molecule has 3 amide bonds. The molecule has 0 aliphatic carbocycles. The average molecular weight is 715 g/mol. The number of carbonyl (C=O) groups excluding carboxylic acids is 3. The number of hydrogen-bond acceptors (Lipinski definition) is 8. The minimum absolute atomic E-state index is 0.000600. The lowest BCUT2D eigenvalue weighted by molar-refractivity contribution is -0.150. The number of nitrogens with one attached hydrogen (secondary N) is 2. The van der Waals surface area contributed by atoms with Crippen LogP contribution >= 0.6 is 0 Å². The van der Waals surface area contributed by atoms with Crippen LogP contribution in [0.25, 0.3) is 0 Å². The second-order valence-corrected chi connectivity index (χ2v) is 18.6. The van der Waals surface area contributed by atoms with E-state index in [1.165, 1.54) is 0 Å². The predicted octanol–water partition coefficient (Wildman–Crippen LogP) is 4.39. The van der Waals surface area contributed by atoms with Crippen molar-refractivity contribution in [2.75, 3.05) is 43.6 Å². The summed E-state index contributed by atoms with van der Waals surface area (Å²) in [6.07, 6.45) is 1.06. The van der Waals surface area contributed by atoms with Gasteiger partial charge in [-0.15, -0.1) is 0 Å². The number of aliphatic hydroxyl groups excluding tert-OH is 1. The van der Waals surface area contributed by atoms with Gasteiger partial charge < -0.3 is 39.8 Å². The lowest BCUT2D eigenvalue weighted by atomic mass is 9.82. The van der Waals surface area contributed by atoms with Crippen molar-refractivity contribution in [2.24, 2.45) is 11.8 Å². The first-order chi connectivity index (χ1) is 24.5. The molecule has 3 aromatic carbocycles. The van der Waals surface area contributed by atoms with Crippen LogP contribution in [0.1, 0.15) is 42.9 Å². The van der Waals surface area contributed by atoms with Gasteiger partial charge in [0.05, 0.1) is 44.4 Å². The topological polar surface area (TPSA) is 141 Å². The minimum atomic E-state index is -3.03. The molecule has 6 rings (SSSR count). The normalized spacial score (nSPS) is 24.4. The molecule has 0 radical (unpaired) electrons. The zero-order valence-electron chi connectivity index (χ0n) is 29.9. The van der Waals surface area contributed by atoms with Gasteiger partial charge in [0.1, 0.15) is 5.75 Å². The van der Waals surface area contributed by atoms with E-state index in [9.17, 15) is 24.3 Å². The number of hydrogen-bond donors (Lipinski definition) is 4. The van der Waals surface area contributed by atoms with Gasteiger partial charge in [-0.1, -0.05) is 49.4 Å². The first-order valence-electron chi connectivity index (χ1n) is 17.9. The molecular formula is C39H50N4O7Si. The largest absolute Gasteiger partial charge is 0.497 e. The van der Waals surface area contributed by atoms with Gasteiger partial charge in [0, 0.05) is 42.3 Å². The van der Waals surface area contributed by atoms with Gasteiger partial charge in [0.25, 0.3) is 5.91 Å². The number of aliphatic hydroxyl groups is 1. The Labute approximate surface area is 301 Å². The highest BCUT2D eigenvalue weighted by atomic mass is 28.4. The molecule has 3 aliphatic rings. The van der Waals surface area contributed by atoms with Crippen molar-refractivity contribution in [3.63, 3.8) is 0 Å². The van der Waals surface area contributed by atoms with E-state index in [0.29, 0.717) is 35.8 Å². The van der Waals surface area contributed by atoms with Crippen molar-refractivity contribution in [3.05, 3.63) is 89.5 Å². The van der Waals surface area contributed by atoms with Crippen molar-refractivity contribution < 1.29 is 33.8 Å². The summed E-state index contributed by atoms with van der Waals surface area (Å²) < 4.78 is 12.5. The lowest BCUT2D eigenvalue weighted by Gasteiger charge is -2.32. The van der Waals surface area contributed by atoms with Gasteiger partial charge in [0.15, 0.2) is 13.9 Å². The van der Waals surface area contributed by atoms with E-state index in [1.54, 1.807) is 16.9 Å². The summed E-state index contributed by atoms with van der Waals surface area (Å²) in [7, 11) is -1.45. The van der Waals surface area contributed by atoms with Crippen molar-refractivity contribution in [3.8, 4) is 5.75 Å². The Kier molecular flexibility index (Phi) is 11.0. The predicted molar refractivity (Wildman–Crippen MR) is 198 cm³/mol. The summed E-state index contributed by atoms with van der Waals surface area (Å²) in [4.78, 5) is 56.6. The second-order valence-electron chi connectivity index (χ2n) is 14.6. The number of piperidine rings is 1. The molecule has 11 nitrogen and oxygen atoms in total. The Balaban J connectivity index is 1.27.